The molecule has 0 aliphatic heterocycles. The van der Waals surface area contributed by atoms with E-state index >= 15 is 0 Å². The van der Waals surface area contributed by atoms with Gasteiger partial charge in [-0.1, -0.05) is 17.7 Å². The van der Waals surface area contributed by atoms with Crippen LogP contribution in [-0.4, -0.2) is 4.98 Å². The van der Waals surface area contributed by atoms with Gasteiger partial charge in [0.05, 0.1) is 0 Å². The molecular formula is C16H12ClFN2O. The van der Waals surface area contributed by atoms with Gasteiger partial charge >= 0.3 is 0 Å². The highest BCUT2D eigenvalue weighted by molar-refractivity contribution is 6.30. The fourth-order valence-corrected chi connectivity index (χ4v) is 2.24. The molecule has 2 N–H and O–H groups in total. The molecule has 1 heterocycles. The quantitative estimate of drug-likeness (QED) is 0.738. The molecule has 0 atom stereocenters. The van der Waals surface area contributed by atoms with Gasteiger partial charge in [-0.25, -0.2) is 4.39 Å². The summed E-state index contributed by atoms with van der Waals surface area (Å²) in [6.45, 7) is 0.0958. The van der Waals surface area contributed by atoms with Crippen LogP contribution in [0.2, 0.25) is 5.02 Å². The van der Waals surface area contributed by atoms with Crippen molar-refractivity contribution in [3.05, 3.63) is 65.1 Å². The normalized spacial score (nSPS) is 10.8. The SMILES string of the molecule is Nc1ccc(OCc2ccc(Cl)cc2F)c2ncccc12. The lowest BCUT2D eigenvalue weighted by molar-refractivity contribution is 0.303. The molecule has 3 aromatic rings. The summed E-state index contributed by atoms with van der Waals surface area (Å²) < 4.78 is 19.4. The minimum atomic E-state index is -0.393. The molecule has 1 aromatic heterocycles. The number of pyridine rings is 1. The maximum Gasteiger partial charge on any atom is 0.146 e. The molecule has 0 amide bonds. The summed E-state index contributed by atoms with van der Waals surface area (Å²) in [5, 5.41) is 1.17. The molecule has 0 aliphatic rings. The van der Waals surface area contributed by atoms with Crippen LogP contribution >= 0.6 is 11.6 Å². The largest absolute Gasteiger partial charge is 0.487 e. The fourth-order valence-electron chi connectivity index (χ4n) is 2.08. The second kappa shape index (κ2) is 5.58. The van der Waals surface area contributed by atoms with Crippen LogP contribution in [0.25, 0.3) is 10.9 Å². The lowest BCUT2D eigenvalue weighted by Gasteiger charge is -2.10. The van der Waals surface area contributed by atoms with Crippen molar-refractivity contribution in [3.63, 3.8) is 0 Å². The van der Waals surface area contributed by atoms with E-state index in [9.17, 15) is 4.39 Å². The van der Waals surface area contributed by atoms with Crippen LogP contribution in [-0.2, 0) is 6.61 Å². The standard InChI is InChI=1S/C16H12ClFN2O/c17-11-4-3-10(13(18)8-11)9-21-15-6-5-14(19)12-2-1-7-20-16(12)15/h1-8H,9,19H2. The lowest BCUT2D eigenvalue weighted by atomic mass is 10.1. The second-order valence-electron chi connectivity index (χ2n) is 4.58. The van der Waals surface area contributed by atoms with Crippen LogP contribution in [0.5, 0.6) is 5.75 Å². The molecule has 5 heteroatoms. The average Bonchev–Trinajstić information content (AvgIpc) is 2.48. The number of hydrogen-bond acceptors (Lipinski definition) is 3. The number of anilines is 1. The second-order valence-corrected chi connectivity index (χ2v) is 5.01. The third kappa shape index (κ3) is 2.76. The van der Waals surface area contributed by atoms with E-state index in [4.69, 9.17) is 22.1 Å². The van der Waals surface area contributed by atoms with Crippen molar-refractivity contribution < 1.29 is 9.13 Å². The number of halogens is 2. The Hall–Kier alpha value is -2.33. The van der Waals surface area contributed by atoms with Gasteiger partial charge in [0, 0.05) is 27.9 Å². The monoisotopic (exact) mass is 302 g/mol. The van der Waals surface area contributed by atoms with Crippen LogP contribution in [0.1, 0.15) is 5.56 Å². The summed E-state index contributed by atoms with van der Waals surface area (Å²) in [6.07, 6.45) is 1.66. The molecule has 0 unspecified atom stereocenters. The highest BCUT2D eigenvalue weighted by Crippen LogP contribution is 2.29. The van der Waals surface area contributed by atoms with Crippen LogP contribution < -0.4 is 10.5 Å². The minimum absolute atomic E-state index is 0.0958. The van der Waals surface area contributed by atoms with Crippen molar-refractivity contribution in [1.82, 2.24) is 4.98 Å². The number of hydrogen-bond donors (Lipinski definition) is 1. The number of ether oxygens (including phenoxy) is 1. The minimum Gasteiger partial charge on any atom is -0.487 e. The molecule has 3 rings (SSSR count). The van der Waals surface area contributed by atoms with Crippen LogP contribution in [0.15, 0.2) is 48.7 Å². The molecule has 2 aromatic carbocycles. The molecule has 0 spiro atoms. The lowest BCUT2D eigenvalue weighted by Crippen LogP contribution is -2.00. The van der Waals surface area contributed by atoms with E-state index < -0.39 is 5.82 Å². The Balaban J connectivity index is 1.90. The van der Waals surface area contributed by atoms with Gasteiger partial charge in [0.1, 0.15) is 23.7 Å². The molecule has 0 bridgehead atoms. The highest BCUT2D eigenvalue weighted by Gasteiger charge is 2.08. The third-order valence-electron chi connectivity index (χ3n) is 3.16. The molecular weight excluding hydrogens is 291 g/mol. The van der Waals surface area contributed by atoms with Crippen LogP contribution in [0, 0.1) is 5.82 Å². The first-order valence-electron chi connectivity index (χ1n) is 6.35. The summed E-state index contributed by atoms with van der Waals surface area (Å²) in [5.74, 6) is 0.171. The van der Waals surface area contributed by atoms with E-state index in [0.29, 0.717) is 27.5 Å². The maximum atomic E-state index is 13.7. The zero-order valence-corrected chi connectivity index (χ0v) is 11.8. The molecule has 0 aliphatic carbocycles. The molecule has 106 valence electrons. The van der Waals surface area contributed by atoms with E-state index in [1.54, 1.807) is 36.5 Å². The highest BCUT2D eigenvalue weighted by atomic mass is 35.5. The number of nitrogens with two attached hydrogens (primary N) is 1. The predicted octanol–water partition coefficient (Wildman–Crippen LogP) is 4.19. The Morgan fingerprint density at radius 1 is 1.19 bits per heavy atom. The first-order chi connectivity index (χ1) is 10.1. The van der Waals surface area contributed by atoms with Crippen molar-refractivity contribution >= 4 is 28.2 Å². The van der Waals surface area contributed by atoms with E-state index in [1.807, 2.05) is 6.07 Å². The number of aromatic nitrogens is 1. The summed E-state index contributed by atoms with van der Waals surface area (Å²) in [6, 6.07) is 11.7. The number of rotatable bonds is 3. The molecule has 0 saturated heterocycles. The topological polar surface area (TPSA) is 48.1 Å². The van der Waals surface area contributed by atoms with Gasteiger partial charge in [0.25, 0.3) is 0 Å². The zero-order valence-electron chi connectivity index (χ0n) is 11.0. The van der Waals surface area contributed by atoms with Gasteiger partial charge in [-0.05, 0) is 36.4 Å². The summed E-state index contributed by atoms with van der Waals surface area (Å²) in [4.78, 5) is 4.27. The van der Waals surface area contributed by atoms with E-state index in [0.717, 1.165) is 5.39 Å². The third-order valence-corrected chi connectivity index (χ3v) is 3.40. The van der Waals surface area contributed by atoms with E-state index in [2.05, 4.69) is 4.98 Å². The Morgan fingerprint density at radius 2 is 2.05 bits per heavy atom. The fraction of sp³-hybridized carbons (Fsp3) is 0.0625. The van der Waals surface area contributed by atoms with Gasteiger partial charge in [0.2, 0.25) is 0 Å². The Morgan fingerprint density at radius 3 is 2.86 bits per heavy atom. The Kier molecular flexibility index (Phi) is 3.62. The van der Waals surface area contributed by atoms with Crippen LogP contribution in [0.4, 0.5) is 10.1 Å². The van der Waals surface area contributed by atoms with Gasteiger partial charge in [-0.2, -0.15) is 0 Å². The van der Waals surface area contributed by atoms with Crippen molar-refractivity contribution in [2.45, 2.75) is 6.61 Å². The molecule has 3 nitrogen and oxygen atoms in total. The molecule has 0 saturated carbocycles. The zero-order chi connectivity index (χ0) is 14.8. The molecule has 0 fully saturated rings. The van der Waals surface area contributed by atoms with Crippen LogP contribution in [0.3, 0.4) is 0 Å². The smallest absolute Gasteiger partial charge is 0.146 e. The summed E-state index contributed by atoms with van der Waals surface area (Å²) >= 11 is 5.72. The number of fused-ring (bicyclic) bond motifs is 1. The molecule has 0 radical (unpaired) electrons. The number of nitrogens with zero attached hydrogens (tertiary/aromatic N) is 1. The van der Waals surface area contributed by atoms with Crippen molar-refractivity contribution in [2.75, 3.05) is 5.73 Å². The number of benzene rings is 2. The summed E-state index contributed by atoms with van der Waals surface area (Å²) in [7, 11) is 0. The van der Waals surface area contributed by atoms with Gasteiger partial charge in [-0.3, -0.25) is 4.98 Å². The summed E-state index contributed by atoms with van der Waals surface area (Å²) in [5.41, 5.74) is 7.62. The Bertz CT molecular complexity index is 807. The van der Waals surface area contributed by atoms with Gasteiger partial charge < -0.3 is 10.5 Å². The van der Waals surface area contributed by atoms with Crippen molar-refractivity contribution in [1.29, 1.82) is 0 Å². The first kappa shape index (κ1) is 13.6. The Labute approximate surface area is 126 Å². The average molecular weight is 303 g/mol. The van der Waals surface area contributed by atoms with Crippen molar-refractivity contribution in [2.24, 2.45) is 0 Å². The number of nitrogen functional groups attached to an aromatic ring is 1. The van der Waals surface area contributed by atoms with Gasteiger partial charge in [-0.15, -0.1) is 0 Å². The maximum absolute atomic E-state index is 13.7. The van der Waals surface area contributed by atoms with Crippen molar-refractivity contribution in [3.8, 4) is 5.75 Å². The van der Waals surface area contributed by atoms with E-state index in [1.165, 1.54) is 6.07 Å². The molecule has 21 heavy (non-hydrogen) atoms. The first-order valence-corrected chi connectivity index (χ1v) is 6.73. The van der Waals surface area contributed by atoms with Gasteiger partial charge in [0.15, 0.2) is 0 Å². The predicted molar refractivity (Wildman–Crippen MR) is 81.9 cm³/mol. The van der Waals surface area contributed by atoms with E-state index in [-0.39, 0.29) is 6.61 Å².